The molecule has 2 aromatic carbocycles. The van der Waals surface area contributed by atoms with Crippen molar-refractivity contribution in [3.63, 3.8) is 0 Å². The van der Waals surface area contributed by atoms with E-state index in [9.17, 15) is 19.2 Å². The summed E-state index contributed by atoms with van der Waals surface area (Å²) in [7, 11) is 0. The first-order valence-corrected chi connectivity index (χ1v) is 13.8. The van der Waals surface area contributed by atoms with Crippen molar-refractivity contribution in [2.75, 3.05) is 16.0 Å². The lowest BCUT2D eigenvalue weighted by molar-refractivity contribution is -0.141. The highest BCUT2D eigenvalue weighted by molar-refractivity contribution is 6.29. The Balaban J connectivity index is 1.22. The zero-order valence-corrected chi connectivity index (χ0v) is 23.0. The van der Waals surface area contributed by atoms with Crippen LogP contribution < -0.4 is 21.7 Å². The number of para-hydroxylation sites is 1. The quantitative estimate of drug-likeness (QED) is 0.240. The van der Waals surface area contributed by atoms with Crippen LogP contribution in [-0.2, 0) is 16.1 Å². The molecular formula is C29H27ClN8O4. The molecule has 3 heterocycles. The third kappa shape index (κ3) is 5.36. The molecule has 2 bridgehead atoms. The highest BCUT2D eigenvalue weighted by Gasteiger charge is 2.51. The molecular weight excluding hydrogens is 560 g/mol. The molecule has 12 nitrogen and oxygen atoms in total. The zero-order valence-electron chi connectivity index (χ0n) is 22.3. The molecule has 13 heteroatoms. The molecule has 0 spiro atoms. The van der Waals surface area contributed by atoms with E-state index in [1.54, 1.807) is 65.6 Å². The van der Waals surface area contributed by atoms with Gasteiger partial charge in [0.1, 0.15) is 23.6 Å². The van der Waals surface area contributed by atoms with Gasteiger partial charge < -0.3 is 26.6 Å². The molecule has 42 heavy (non-hydrogen) atoms. The number of pyridine rings is 1. The number of hydrogen-bond acceptors (Lipinski definition) is 6. The van der Waals surface area contributed by atoms with E-state index in [1.165, 1.54) is 4.68 Å². The number of amides is 5. The van der Waals surface area contributed by atoms with Crippen LogP contribution in [0.4, 0.5) is 22.0 Å². The minimum Gasteiger partial charge on any atom is -0.364 e. The molecule has 3 atom stereocenters. The Morgan fingerprint density at radius 3 is 2.48 bits per heavy atom. The third-order valence-corrected chi connectivity index (χ3v) is 7.88. The molecule has 5 amide bonds. The number of carbonyl (C=O) groups excluding carboxylic acids is 4. The number of piperidine rings is 1. The van der Waals surface area contributed by atoms with Crippen LogP contribution >= 0.6 is 11.6 Å². The number of primary amides is 1. The lowest BCUT2D eigenvalue weighted by Crippen LogP contribution is -2.52. The smallest absolute Gasteiger partial charge is 0.323 e. The van der Waals surface area contributed by atoms with Crippen LogP contribution in [0.3, 0.4) is 0 Å². The summed E-state index contributed by atoms with van der Waals surface area (Å²) in [5, 5.41) is 13.2. The highest BCUT2D eigenvalue weighted by atomic mass is 35.5. The maximum absolute atomic E-state index is 13.7. The van der Waals surface area contributed by atoms with Crippen LogP contribution in [0.15, 0.2) is 66.7 Å². The van der Waals surface area contributed by atoms with Crippen LogP contribution in [0.25, 0.3) is 10.9 Å². The fourth-order valence-electron chi connectivity index (χ4n) is 5.95. The predicted octanol–water partition coefficient (Wildman–Crippen LogP) is 3.85. The number of likely N-dealkylation sites (tertiary alicyclic amines) is 1. The van der Waals surface area contributed by atoms with Crippen molar-refractivity contribution in [2.45, 2.75) is 37.9 Å². The second-order valence-corrected chi connectivity index (χ2v) is 10.7. The van der Waals surface area contributed by atoms with Crippen molar-refractivity contribution in [1.82, 2.24) is 19.7 Å². The van der Waals surface area contributed by atoms with E-state index in [1.807, 2.05) is 6.07 Å². The Labute approximate surface area is 245 Å². The average Bonchev–Trinajstić information content (AvgIpc) is 3.67. The van der Waals surface area contributed by atoms with E-state index in [2.05, 4.69) is 26.0 Å². The van der Waals surface area contributed by atoms with Crippen LogP contribution in [0.1, 0.15) is 29.8 Å². The summed E-state index contributed by atoms with van der Waals surface area (Å²) in [6.45, 7) is -0.201. The normalized spacial score (nSPS) is 19.1. The van der Waals surface area contributed by atoms with Crippen molar-refractivity contribution in [3.8, 4) is 0 Å². The molecule has 6 rings (SSSR count). The molecule has 1 saturated carbocycles. The number of nitrogens with one attached hydrogen (secondary N) is 3. The van der Waals surface area contributed by atoms with Crippen molar-refractivity contribution >= 4 is 63.4 Å². The second-order valence-electron chi connectivity index (χ2n) is 10.4. The van der Waals surface area contributed by atoms with Crippen molar-refractivity contribution in [1.29, 1.82) is 0 Å². The van der Waals surface area contributed by atoms with E-state index in [0.29, 0.717) is 28.1 Å². The number of hydrogen-bond donors (Lipinski definition) is 4. The van der Waals surface area contributed by atoms with Gasteiger partial charge >= 0.3 is 6.03 Å². The predicted molar refractivity (Wildman–Crippen MR) is 157 cm³/mol. The Bertz CT molecular complexity index is 1710. The summed E-state index contributed by atoms with van der Waals surface area (Å²) < 4.78 is 1.41. The van der Waals surface area contributed by atoms with Crippen LogP contribution in [0.5, 0.6) is 0 Å². The van der Waals surface area contributed by atoms with Gasteiger partial charge in [0.25, 0.3) is 5.91 Å². The van der Waals surface area contributed by atoms with Gasteiger partial charge in [-0.3, -0.25) is 19.1 Å². The number of rotatable bonds is 7. The summed E-state index contributed by atoms with van der Waals surface area (Å²) in [4.78, 5) is 57.5. The summed E-state index contributed by atoms with van der Waals surface area (Å²) in [5.41, 5.74) is 7.10. The largest absolute Gasteiger partial charge is 0.364 e. The molecule has 0 unspecified atom stereocenters. The number of benzene rings is 2. The Hall–Kier alpha value is -4.97. The van der Waals surface area contributed by atoms with Gasteiger partial charge in [-0.25, -0.2) is 9.78 Å². The molecule has 1 aliphatic heterocycles. The third-order valence-electron chi connectivity index (χ3n) is 7.67. The van der Waals surface area contributed by atoms with Gasteiger partial charge in [-0.15, -0.1) is 0 Å². The van der Waals surface area contributed by atoms with E-state index in [-0.39, 0.29) is 41.2 Å². The number of carbonyl (C=O) groups is 4. The Morgan fingerprint density at radius 2 is 1.71 bits per heavy atom. The number of aromatic nitrogens is 3. The van der Waals surface area contributed by atoms with Crippen LogP contribution in [-0.4, -0.2) is 55.5 Å². The van der Waals surface area contributed by atoms with E-state index >= 15 is 0 Å². The van der Waals surface area contributed by atoms with Gasteiger partial charge in [0, 0.05) is 22.8 Å². The van der Waals surface area contributed by atoms with Crippen molar-refractivity contribution in [3.05, 3.63) is 77.6 Å². The lowest BCUT2D eigenvalue weighted by Gasteiger charge is -2.34. The monoisotopic (exact) mass is 586 g/mol. The summed E-state index contributed by atoms with van der Waals surface area (Å²) in [6, 6.07) is 17.6. The molecule has 5 N–H and O–H groups in total. The van der Waals surface area contributed by atoms with Gasteiger partial charge in [0.05, 0.1) is 5.52 Å². The Kier molecular flexibility index (Phi) is 7.21. The molecule has 4 aromatic rings. The molecule has 2 aromatic heterocycles. The van der Waals surface area contributed by atoms with E-state index < -0.39 is 18.0 Å². The summed E-state index contributed by atoms with van der Waals surface area (Å²) in [6.07, 6.45) is 2.39. The minimum absolute atomic E-state index is 0.0318. The summed E-state index contributed by atoms with van der Waals surface area (Å²) >= 11 is 5.97. The number of urea groups is 1. The van der Waals surface area contributed by atoms with Crippen molar-refractivity contribution in [2.24, 2.45) is 11.7 Å². The first-order valence-electron chi connectivity index (χ1n) is 13.4. The minimum atomic E-state index is -0.774. The molecule has 2 fully saturated rings. The average molecular weight is 587 g/mol. The zero-order chi connectivity index (χ0) is 29.4. The molecule has 214 valence electrons. The topological polar surface area (TPSA) is 164 Å². The number of fused-ring (bicyclic) bond motifs is 3. The molecule has 1 saturated heterocycles. The number of anilines is 3. The van der Waals surface area contributed by atoms with Gasteiger partial charge in [0.2, 0.25) is 11.8 Å². The first-order chi connectivity index (χ1) is 20.3. The standard InChI is InChI=1S/C29H27ClN8O4/c30-22-7-4-8-23(34-22)35-28(41)26-16-9-11-19(13-16)38(26)24(39)15-37-21-12-10-18(14-20(21)25(36-37)27(31)40)33-29(42)32-17-5-2-1-3-6-17/h1-8,10,12,14,16,19,26H,9,11,13,15H2,(H2,31,40)(H2,32,33,42)(H,34,35,41)/t16-,19+,26-/m0/s1. The van der Waals surface area contributed by atoms with Gasteiger partial charge in [-0.05, 0) is 67.6 Å². The number of nitrogens with zero attached hydrogens (tertiary/aromatic N) is 4. The number of nitrogens with two attached hydrogens (primary N) is 1. The van der Waals surface area contributed by atoms with Crippen molar-refractivity contribution < 1.29 is 19.2 Å². The first kappa shape index (κ1) is 27.2. The maximum atomic E-state index is 13.7. The Morgan fingerprint density at radius 1 is 0.929 bits per heavy atom. The molecule has 1 aliphatic carbocycles. The SMILES string of the molecule is NC(=O)c1nn(CC(=O)N2[C@@H]3CC[C@@H](C3)[C@H]2C(=O)Nc2cccc(Cl)n2)c2ccc(NC(=O)Nc3ccccc3)cc12. The molecule has 2 aliphatic rings. The van der Waals surface area contributed by atoms with E-state index in [4.69, 9.17) is 17.3 Å². The second kappa shape index (κ2) is 11.1. The van der Waals surface area contributed by atoms with Gasteiger partial charge in [0.15, 0.2) is 5.69 Å². The number of halogens is 1. The van der Waals surface area contributed by atoms with Gasteiger partial charge in [-0.1, -0.05) is 35.9 Å². The van der Waals surface area contributed by atoms with Gasteiger partial charge in [-0.2, -0.15) is 5.10 Å². The fourth-order valence-corrected chi connectivity index (χ4v) is 6.11. The summed E-state index contributed by atoms with van der Waals surface area (Å²) in [5.74, 6) is -1.05. The fraction of sp³-hybridized carbons (Fsp3) is 0.241. The van der Waals surface area contributed by atoms with Crippen LogP contribution in [0, 0.1) is 5.92 Å². The lowest BCUT2D eigenvalue weighted by atomic mass is 9.97. The molecule has 0 radical (unpaired) electrons. The highest BCUT2D eigenvalue weighted by Crippen LogP contribution is 2.43. The van der Waals surface area contributed by atoms with E-state index in [0.717, 1.165) is 19.3 Å². The van der Waals surface area contributed by atoms with Crippen LogP contribution in [0.2, 0.25) is 5.15 Å². The maximum Gasteiger partial charge on any atom is 0.323 e.